The first-order valence-electron chi connectivity index (χ1n) is 12.1. The van der Waals surface area contributed by atoms with Crippen LogP contribution in [0.4, 0.5) is 0 Å². The van der Waals surface area contributed by atoms with Gasteiger partial charge in [-0.15, -0.1) is 15.8 Å². The van der Waals surface area contributed by atoms with Gasteiger partial charge < -0.3 is 15.9 Å². The number of hydrogen-bond donors (Lipinski definition) is 0. The van der Waals surface area contributed by atoms with Crippen LogP contribution in [0.1, 0.15) is 41.5 Å². The van der Waals surface area contributed by atoms with E-state index in [1.165, 1.54) is 51.2 Å². The fraction of sp³-hybridized carbons (Fsp3) is 0.500. The molecule has 0 aliphatic heterocycles. The zero-order valence-corrected chi connectivity index (χ0v) is 29.4. The van der Waals surface area contributed by atoms with Crippen molar-refractivity contribution in [2.24, 2.45) is 0 Å². The van der Waals surface area contributed by atoms with E-state index in [0.29, 0.717) is 21.8 Å². The van der Waals surface area contributed by atoms with Crippen LogP contribution in [0, 0.1) is 63.7 Å². The van der Waals surface area contributed by atoms with Gasteiger partial charge in [0.25, 0.3) is 0 Å². The number of carbonyl (C=O) groups is 2. The van der Waals surface area contributed by atoms with Crippen LogP contribution < -0.4 is 0 Å². The third-order valence-corrected chi connectivity index (χ3v) is 10.4. The number of rotatable bonds is 9. The Balaban J connectivity index is -0.000000209. The molecule has 2 rings (SSSR count). The van der Waals surface area contributed by atoms with Gasteiger partial charge >= 0.3 is 57.2 Å². The Hall–Kier alpha value is 1.04. The first-order valence-corrected chi connectivity index (χ1v) is 18.7. The normalized spacial score (nSPS) is 14.5. The van der Waals surface area contributed by atoms with E-state index in [4.69, 9.17) is 0 Å². The zero-order valence-electron chi connectivity index (χ0n) is 23.5. The minimum atomic E-state index is -0.606. The van der Waals surface area contributed by atoms with Gasteiger partial charge in [-0.2, -0.15) is 5.92 Å². The molecule has 0 atom stereocenters. The second kappa shape index (κ2) is 35.1. The summed E-state index contributed by atoms with van der Waals surface area (Å²) in [6.07, 6.45) is 27.4. The minimum absolute atomic E-state index is 0. The topological polar surface area (TPSA) is 52.6 Å². The number of esters is 2. The maximum absolute atomic E-state index is 11.3. The van der Waals surface area contributed by atoms with Gasteiger partial charge in [-0.25, -0.2) is 16.0 Å². The third-order valence-electron chi connectivity index (χ3n) is 5.00. The van der Waals surface area contributed by atoms with E-state index < -0.39 is 11.9 Å². The largest absolute Gasteiger partial charge is 2.00 e. The molecular formula is C28H45ClFeO4P2Pt+2. The quantitative estimate of drug-likeness (QED) is 0.0809. The van der Waals surface area contributed by atoms with Gasteiger partial charge in [0.2, 0.25) is 0 Å². The van der Waals surface area contributed by atoms with Gasteiger partial charge in [-0.1, -0.05) is 54.4 Å². The van der Waals surface area contributed by atoms with Gasteiger partial charge in [-0.05, 0) is 69.1 Å². The van der Waals surface area contributed by atoms with Crippen molar-refractivity contribution in [3.63, 3.8) is 0 Å². The van der Waals surface area contributed by atoms with E-state index in [1.54, 1.807) is 38.0 Å². The zero-order chi connectivity index (χ0) is 28.2. The predicted molar refractivity (Wildman–Crippen MR) is 156 cm³/mol. The van der Waals surface area contributed by atoms with E-state index in [1.807, 2.05) is 32.1 Å². The Bertz CT molecular complexity index is 494. The summed E-state index contributed by atoms with van der Waals surface area (Å²) >= 11 is 1.61. The average Bonchev–Trinajstić information content (AvgIpc) is 3.68. The summed E-state index contributed by atoms with van der Waals surface area (Å²) in [5.74, 6) is -0.694. The Morgan fingerprint density at radius 2 is 1.16 bits per heavy atom. The van der Waals surface area contributed by atoms with Gasteiger partial charge in [-0.3, -0.25) is 0 Å². The van der Waals surface area contributed by atoms with Crippen molar-refractivity contribution in [1.29, 1.82) is 0 Å². The first kappa shape index (κ1) is 45.0. The van der Waals surface area contributed by atoms with E-state index in [2.05, 4.69) is 66.9 Å². The second-order valence-corrected chi connectivity index (χ2v) is 13.3. The molecule has 0 unspecified atom stereocenters. The molecular weight excluding hydrogens is 749 g/mol. The summed E-state index contributed by atoms with van der Waals surface area (Å²) in [5, 5.41) is 0. The summed E-state index contributed by atoms with van der Waals surface area (Å²) in [6, 6.07) is 0. The molecule has 0 aromatic carbocycles. The molecule has 9 heteroatoms. The van der Waals surface area contributed by atoms with Crippen molar-refractivity contribution in [2.75, 3.05) is 51.2 Å². The van der Waals surface area contributed by atoms with Crippen molar-refractivity contribution in [2.45, 2.75) is 41.5 Å². The van der Waals surface area contributed by atoms with Crippen molar-refractivity contribution in [1.82, 2.24) is 0 Å². The van der Waals surface area contributed by atoms with Crippen LogP contribution in [-0.2, 0) is 54.9 Å². The molecule has 0 aromatic heterocycles. The molecule has 0 amide bonds. The predicted octanol–water partition coefficient (Wildman–Crippen LogP) is 7.30. The van der Waals surface area contributed by atoms with Gasteiger partial charge in [0.15, 0.2) is 0 Å². The fourth-order valence-corrected chi connectivity index (χ4v) is 5.38. The summed E-state index contributed by atoms with van der Waals surface area (Å²) < 4.78 is 8.98. The number of carbonyl (C=O) groups excluding carboxylic acids is 2. The Labute approximate surface area is 258 Å². The summed E-state index contributed by atoms with van der Waals surface area (Å²) in [7, 11) is 7.99. The molecule has 37 heavy (non-hydrogen) atoms. The van der Waals surface area contributed by atoms with Crippen molar-refractivity contribution >= 4 is 37.2 Å². The molecule has 0 heterocycles. The van der Waals surface area contributed by atoms with Crippen LogP contribution >= 0.6 is 25.3 Å². The Kier molecular flexibility index (Phi) is 42.7. The molecule has 0 aromatic rings. The average molecular weight is 794 g/mol. The molecule has 0 spiro atoms. The Morgan fingerprint density at radius 1 is 0.784 bits per heavy atom. The van der Waals surface area contributed by atoms with Crippen LogP contribution in [0.5, 0.6) is 0 Å². The number of ether oxygens (including phenoxy) is 2. The van der Waals surface area contributed by atoms with Gasteiger partial charge in [0.05, 0.1) is 14.2 Å². The molecule has 10 radical (unpaired) electrons. The standard InChI is InChI=1S/C11H10O4.2C6H15P.C5H5.ClH.Fe.Pt/c1-14-10(12)7-9(11(13)15-2)8-5-3-4-6-8;2*1-4-7(5-2)6-3;1-2-4-5-3-1;;;/h3-5,7H,1-2H3;2*4-6H2,1-3H3;1-5H;1H;;/q-1;;;;;2*+2/p-1/b9-7-;;;;;;. The number of methoxy groups -OCH3 is 2. The molecule has 2 aliphatic rings. The second-order valence-electron chi connectivity index (χ2n) is 6.86. The maximum Gasteiger partial charge on any atom is 2.00 e. The molecule has 0 N–H and O–H groups in total. The first-order chi connectivity index (χ1) is 17.4. The summed E-state index contributed by atoms with van der Waals surface area (Å²) in [6.45, 7) is 13.7. The molecule has 2 fully saturated rings. The smallest absolute Gasteiger partial charge is 2.00 e. The number of hydrogen-bond acceptors (Lipinski definition) is 4. The Morgan fingerprint density at radius 3 is 1.38 bits per heavy atom. The van der Waals surface area contributed by atoms with Crippen LogP contribution in [0.15, 0.2) is 11.6 Å². The molecule has 4 nitrogen and oxygen atoms in total. The van der Waals surface area contributed by atoms with Crippen LogP contribution in [0.25, 0.3) is 0 Å². The number of halogens is 1. The SMILES string of the molecule is CCP(CC)CC.CCP(CC)CC.COC(=O)/C=C(/[C]1[C-][CH][CH][CH]1)C(=O)OC.[CH]1[CH][CH][CH][CH]1.[Cl][Pt+].[Fe+2]. The van der Waals surface area contributed by atoms with E-state index in [9.17, 15) is 9.59 Å². The molecule has 0 bridgehead atoms. The third kappa shape index (κ3) is 27.0. The molecule has 214 valence electrons. The van der Waals surface area contributed by atoms with Gasteiger partial charge in [0, 0.05) is 11.6 Å². The summed E-state index contributed by atoms with van der Waals surface area (Å²) in [4.78, 5) is 22.4. The van der Waals surface area contributed by atoms with Crippen molar-refractivity contribution in [3.05, 3.63) is 75.4 Å². The van der Waals surface area contributed by atoms with E-state index in [0.717, 1.165) is 6.08 Å². The van der Waals surface area contributed by atoms with Crippen LogP contribution in [-0.4, -0.2) is 63.1 Å². The van der Waals surface area contributed by atoms with Gasteiger partial charge in [0.1, 0.15) is 0 Å². The minimum Gasteiger partial charge on any atom is 2.00 e. The molecule has 2 aliphatic carbocycles. The van der Waals surface area contributed by atoms with Crippen molar-refractivity contribution in [3.8, 4) is 0 Å². The van der Waals surface area contributed by atoms with Crippen LogP contribution in [0.3, 0.4) is 0 Å². The van der Waals surface area contributed by atoms with Crippen LogP contribution in [0.2, 0.25) is 0 Å². The van der Waals surface area contributed by atoms with Crippen molar-refractivity contribution < 1.29 is 54.9 Å². The van der Waals surface area contributed by atoms with E-state index in [-0.39, 0.29) is 22.6 Å². The fourth-order valence-electron chi connectivity index (χ4n) is 2.69. The molecule has 0 saturated heterocycles. The summed E-state index contributed by atoms with van der Waals surface area (Å²) in [5.41, 5.74) is 0.134. The van der Waals surface area contributed by atoms with E-state index >= 15 is 0 Å². The monoisotopic (exact) mass is 793 g/mol. The maximum atomic E-state index is 11.3. The molecule has 2 saturated carbocycles.